The van der Waals surface area contributed by atoms with Gasteiger partial charge in [-0.25, -0.2) is 0 Å². The van der Waals surface area contributed by atoms with Crippen molar-refractivity contribution in [1.29, 1.82) is 0 Å². The second kappa shape index (κ2) is 10.8. The fourth-order valence-corrected chi connectivity index (χ4v) is 3.13. The van der Waals surface area contributed by atoms with Crippen molar-refractivity contribution in [3.8, 4) is 11.5 Å². The van der Waals surface area contributed by atoms with E-state index in [-0.39, 0.29) is 12.0 Å². The normalized spacial score (nSPS) is 10.6. The highest BCUT2D eigenvalue weighted by molar-refractivity contribution is 8.00. The Morgan fingerprint density at radius 2 is 1.69 bits per heavy atom. The first kappa shape index (κ1) is 20.2. The molecule has 140 valence electrons. The summed E-state index contributed by atoms with van der Waals surface area (Å²) in [6.07, 6.45) is 2.05. The van der Waals surface area contributed by atoms with Crippen LogP contribution in [0.25, 0.3) is 0 Å². The third-order valence-electron chi connectivity index (χ3n) is 3.69. The number of carbonyl (C=O) groups is 1. The first-order valence-electron chi connectivity index (χ1n) is 8.86. The number of rotatable bonds is 10. The van der Waals surface area contributed by atoms with Crippen LogP contribution in [0.2, 0.25) is 0 Å². The van der Waals surface area contributed by atoms with Crippen molar-refractivity contribution in [2.24, 2.45) is 0 Å². The van der Waals surface area contributed by atoms with Gasteiger partial charge in [0.15, 0.2) is 0 Å². The van der Waals surface area contributed by atoms with Gasteiger partial charge in [0.1, 0.15) is 11.5 Å². The maximum absolute atomic E-state index is 11.9. The Hall–Kier alpha value is -2.14. The molecule has 1 N–H and O–H groups in total. The van der Waals surface area contributed by atoms with Gasteiger partial charge in [0.2, 0.25) is 5.91 Å². The van der Waals surface area contributed by atoms with Crippen LogP contribution in [-0.2, 0) is 11.2 Å². The third kappa shape index (κ3) is 7.40. The Morgan fingerprint density at radius 3 is 2.31 bits per heavy atom. The van der Waals surface area contributed by atoms with E-state index >= 15 is 0 Å². The summed E-state index contributed by atoms with van der Waals surface area (Å²) in [5.74, 6) is 2.20. The fourth-order valence-electron chi connectivity index (χ4n) is 2.40. The highest BCUT2D eigenvalue weighted by Crippen LogP contribution is 2.21. The van der Waals surface area contributed by atoms with Crippen molar-refractivity contribution in [1.82, 2.24) is 5.32 Å². The molecule has 0 spiro atoms. The maximum atomic E-state index is 11.9. The Kier molecular flexibility index (Phi) is 8.35. The zero-order chi connectivity index (χ0) is 18.8. The number of nitrogens with one attached hydrogen (secondary N) is 1. The van der Waals surface area contributed by atoms with Gasteiger partial charge in [-0.3, -0.25) is 4.79 Å². The minimum absolute atomic E-state index is 0.0616. The Morgan fingerprint density at radius 1 is 1.04 bits per heavy atom. The van der Waals surface area contributed by atoms with Gasteiger partial charge in [0.05, 0.1) is 19.0 Å². The molecule has 0 aliphatic rings. The number of amides is 1. The summed E-state index contributed by atoms with van der Waals surface area (Å²) < 4.78 is 10.8. The number of benzene rings is 2. The maximum Gasteiger partial charge on any atom is 0.230 e. The molecular formula is C21H27NO3S. The summed E-state index contributed by atoms with van der Waals surface area (Å²) in [5, 5.41) is 2.97. The summed E-state index contributed by atoms with van der Waals surface area (Å²) in [6, 6.07) is 15.9. The van der Waals surface area contributed by atoms with E-state index in [1.54, 1.807) is 7.11 Å². The van der Waals surface area contributed by atoms with E-state index in [1.165, 1.54) is 17.3 Å². The molecule has 4 nitrogen and oxygen atoms in total. The van der Waals surface area contributed by atoms with Crippen LogP contribution in [0.1, 0.15) is 25.8 Å². The van der Waals surface area contributed by atoms with Crippen molar-refractivity contribution in [3.63, 3.8) is 0 Å². The van der Waals surface area contributed by atoms with Crippen molar-refractivity contribution in [2.75, 3.05) is 19.4 Å². The molecule has 2 aromatic carbocycles. The molecule has 2 aromatic rings. The van der Waals surface area contributed by atoms with Crippen LogP contribution in [0, 0.1) is 0 Å². The van der Waals surface area contributed by atoms with E-state index in [1.807, 2.05) is 50.2 Å². The van der Waals surface area contributed by atoms with Gasteiger partial charge in [-0.05, 0) is 68.7 Å². The van der Waals surface area contributed by atoms with Crippen molar-refractivity contribution < 1.29 is 14.3 Å². The predicted octanol–water partition coefficient (Wildman–Crippen LogP) is 4.32. The second-order valence-electron chi connectivity index (χ2n) is 6.23. The molecule has 0 unspecified atom stereocenters. The van der Waals surface area contributed by atoms with Crippen LogP contribution in [0.15, 0.2) is 53.4 Å². The molecule has 0 saturated carbocycles. The molecule has 0 fully saturated rings. The zero-order valence-electron chi connectivity index (χ0n) is 15.7. The van der Waals surface area contributed by atoms with Gasteiger partial charge in [0, 0.05) is 11.4 Å². The Balaban J connectivity index is 1.62. The van der Waals surface area contributed by atoms with Gasteiger partial charge in [-0.2, -0.15) is 0 Å². The number of hydrogen-bond donors (Lipinski definition) is 1. The molecule has 0 aliphatic heterocycles. The smallest absolute Gasteiger partial charge is 0.230 e. The first-order valence-corrected chi connectivity index (χ1v) is 9.84. The van der Waals surface area contributed by atoms with E-state index in [4.69, 9.17) is 9.47 Å². The number of thioether (sulfide) groups is 1. The number of hydrogen-bond acceptors (Lipinski definition) is 4. The van der Waals surface area contributed by atoms with E-state index in [2.05, 4.69) is 17.4 Å². The average Bonchev–Trinajstić information content (AvgIpc) is 2.65. The first-order chi connectivity index (χ1) is 12.6. The molecule has 0 saturated heterocycles. The number of aryl methyl sites for hydroxylation is 1. The van der Waals surface area contributed by atoms with Gasteiger partial charge < -0.3 is 14.8 Å². The summed E-state index contributed by atoms with van der Waals surface area (Å²) in [6.45, 7) is 4.72. The average molecular weight is 374 g/mol. The highest BCUT2D eigenvalue weighted by atomic mass is 32.2. The summed E-state index contributed by atoms with van der Waals surface area (Å²) >= 11 is 1.53. The Labute approximate surface area is 160 Å². The molecule has 5 heteroatoms. The topological polar surface area (TPSA) is 47.6 Å². The summed E-state index contributed by atoms with van der Waals surface area (Å²) in [7, 11) is 1.64. The number of methoxy groups -OCH3 is 1. The van der Waals surface area contributed by atoms with Crippen LogP contribution in [0.3, 0.4) is 0 Å². The third-order valence-corrected chi connectivity index (χ3v) is 4.70. The molecule has 0 aliphatic carbocycles. The molecular weight excluding hydrogens is 346 g/mol. The molecule has 0 aromatic heterocycles. The summed E-state index contributed by atoms with van der Waals surface area (Å²) in [4.78, 5) is 13.0. The van der Waals surface area contributed by atoms with Crippen LogP contribution in [0.5, 0.6) is 11.5 Å². The van der Waals surface area contributed by atoms with Gasteiger partial charge in [-0.1, -0.05) is 12.1 Å². The largest absolute Gasteiger partial charge is 0.497 e. The molecule has 0 heterocycles. The van der Waals surface area contributed by atoms with Crippen LogP contribution in [0.4, 0.5) is 0 Å². The monoisotopic (exact) mass is 373 g/mol. The van der Waals surface area contributed by atoms with Crippen molar-refractivity contribution in [3.05, 3.63) is 54.1 Å². The van der Waals surface area contributed by atoms with E-state index in [0.29, 0.717) is 12.3 Å². The lowest BCUT2D eigenvalue weighted by molar-refractivity contribution is -0.118. The van der Waals surface area contributed by atoms with Crippen LogP contribution >= 0.6 is 11.8 Å². The molecule has 26 heavy (non-hydrogen) atoms. The van der Waals surface area contributed by atoms with Gasteiger partial charge in [0.25, 0.3) is 0 Å². The highest BCUT2D eigenvalue weighted by Gasteiger charge is 2.03. The predicted molar refractivity (Wildman–Crippen MR) is 107 cm³/mol. The van der Waals surface area contributed by atoms with Gasteiger partial charge in [-0.15, -0.1) is 11.8 Å². The lowest BCUT2D eigenvalue weighted by Crippen LogP contribution is -2.26. The minimum atomic E-state index is 0.0616. The summed E-state index contributed by atoms with van der Waals surface area (Å²) in [5.41, 5.74) is 1.25. The lowest BCUT2D eigenvalue weighted by atomic mass is 10.1. The standard InChI is InChI=1S/C21H27NO3S/c1-16(2)25-19-8-6-17(7-9-19)5-4-14-22-21(23)15-26-20-12-10-18(24-3)11-13-20/h6-13,16H,4-5,14-15H2,1-3H3,(H,22,23). The van der Waals surface area contributed by atoms with E-state index in [0.717, 1.165) is 29.2 Å². The SMILES string of the molecule is COc1ccc(SCC(=O)NCCCc2ccc(OC(C)C)cc2)cc1. The Bertz CT molecular complexity index is 669. The zero-order valence-corrected chi connectivity index (χ0v) is 16.5. The van der Waals surface area contributed by atoms with Gasteiger partial charge >= 0.3 is 0 Å². The number of carbonyl (C=O) groups excluding carboxylic acids is 1. The molecule has 0 atom stereocenters. The lowest BCUT2D eigenvalue weighted by Gasteiger charge is -2.10. The molecule has 0 radical (unpaired) electrons. The van der Waals surface area contributed by atoms with E-state index in [9.17, 15) is 4.79 Å². The number of ether oxygens (including phenoxy) is 2. The fraction of sp³-hybridized carbons (Fsp3) is 0.381. The molecule has 2 rings (SSSR count). The van der Waals surface area contributed by atoms with Crippen LogP contribution < -0.4 is 14.8 Å². The quantitative estimate of drug-likeness (QED) is 0.498. The molecule has 0 bridgehead atoms. The van der Waals surface area contributed by atoms with Crippen molar-refractivity contribution in [2.45, 2.75) is 37.7 Å². The minimum Gasteiger partial charge on any atom is -0.497 e. The second-order valence-corrected chi connectivity index (χ2v) is 7.28. The molecule has 1 amide bonds. The van der Waals surface area contributed by atoms with Crippen LogP contribution in [-0.4, -0.2) is 31.4 Å². The van der Waals surface area contributed by atoms with E-state index < -0.39 is 0 Å². The van der Waals surface area contributed by atoms with Crippen molar-refractivity contribution >= 4 is 17.7 Å².